The Hall–Kier alpha value is -3.40. The third-order valence-electron chi connectivity index (χ3n) is 4.53. The van der Waals surface area contributed by atoms with E-state index in [2.05, 4.69) is 10.6 Å². The molecule has 4 nitrogen and oxygen atoms in total. The molecule has 28 heavy (non-hydrogen) atoms. The lowest BCUT2D eigenvalue weighted by Crippen LogP contribution is -2.16. The van der Waals surface area contributed by atoms with Gasteiger partial charge in [0, 0.05) is 17.8 Å². The molecule has 0 unspecified atom stereocenters. The van der Waals surface area contributed by atoms with Crippen molar-refractivity contribution in [3.63, 3.8) is 0 Å². The number of amides is 2. The largest absolute Gasteiger partial charge is 0.326 e. The predicted molar refractivity (Wildman–Crippen MR) is 113 cm³/mol. The van der Waals surface area contributed by atoms with Gasteiger partial charge in [-0.3, -0.25) is 9.59 Å². The lowest BCUT2D eigenvalue weighted by atomic mass is 10.1. The van der Waals surface area contributed by atoms with Crippen molar-refractivity contribution in [2.45, 2.75) is 26.2 Å². The van der Waals surface area contributed by atoms with Crippen LogP contribution in [0.5, 0.6) is 0 Å². The summed E-state index contributed by atoms with van der Waals surface area (Å²) in [6.45, 7) is 1.99. The van der Waals surface area contributed by atoms with Crippen LogP contribution in [0.3, 0.4) is 0 Å². The zero-order valence-electron chi connectivity index (χ0n) is 15.9. The summed E-state index contributed by atoms with van der Waals surface area (Å²) < 4.78 is 0. The zero-order valence-corrected chi connectivity index (χ0v) is 15.9. The zero-order chi connectivity index (χ0) is 19.8. The lowest BCUT2D eigenvalue weighted by molar-refractivity contribution is -0.116. The first-order chi connectivity index (χ1) is 13.6. The topological polar surface area (TPSA) is 58.2 Å². The molecule has 3 rings (SSSR count). The van der Waals surface area contributed by atoms with Crippen molar-refractivity contribution in [2.75, 3.05) is 10.6 Å². The summed E-state index contributed by atoms with van der Waals surface area (Å²) in [5.41, 5.74) is 4.57. The monoisotopic (exact) mass is 372 g/mol. The van der Waals surface area contributed by atoms with Crippen LogP contribution in [-0.4, -0.2) is 11.8 Å². The van der Waals surface area contributed by atoms with Gasteiger partial charge in [-0.15, -0.1) is 0 Å². The molecule has 0 atom stereocenters. The van der Waals surface area contributed by atoms with Gasteiger partial charge < -0.3 is 10.6 Å². The van der Waals surface area contributed by atoms with E-state index in [1.54, 1.807) is 6.07 Å². The maximum atomic E-state index is 12.3. The molecule has 0 aliphatic rings. The van der Waals surface area contributed by atoms with Crippen LogP contribution >= 0.6 is 0 Å². The number of aryl methyl sites for hydroxylation is 2. The number of hydrogen-bond acceptors (Lipinski definition) is 2. The Labute approximate surface area is 165 Å². The summed E-state index contributed by atoms with van der Waals surface area (Å²) in [7, 11) is 0. The van der Waals surface area contributed by atoms with Gasteiger partial charge >= 0.3 is 0 Å². The van der Waals surface area contributed by atoms with Gasteiger partial charge in [-0.25, -0.2) is 0 Å². The summed E-state index contributed by atoms with van der Waals surface area (Å²) in [4.78, 5) is 24.5. The van der Waals surface area contributed by atoms with Crippen LogP contribution in [0.4, 0.5) is 11.4 Å². The standard InChI is InChI=1S/C24H24N2O2/c1-18-8-5-6-11-20(18)16-24(28)26-22-13-7-12-21(17-22)25-23(27)15-14-19-9-3-2-4-10-19/h2-13,17H,14-16H2,1H3,(H,25,27)(H,26,28). The van der Waals surface area contributed by atoms with Gasteiger partial charge in [-0.1, -0.05) is 60.7 Å². The van der Waals surface area contributed by atoms with E-state index in [9.17, 15) is 9.59 Å². The number of nitrogens with one attached hydrogen (secondary N) is 2. The number of rotatable bonds is 7. The summed E-state index contributed by atoms with van der Waals surface area (Å²) in [6.07, 6.45) is 1.42. The third kappa shape index (κ3) is 5.81. The molecule has 3 aromatic rings. The molecular weight excluding hydrogens is 348 g/mol. The highest BCUT2D eigenvalue weighted by Crippen LogP contribution is 2.17. The summed E-state index contributed by atoms with van der Waals surface area (Å²) >= 11 is 0. The molecule has 0 saturated heterocycles. The molecule has 0 bridgehead atoms. The van der Waals surface area contributed by atoms with Crippen LogP contribution < -0.4 is 10.6 Å². The number of carbonyl (C=O) groups excluding carboxylic acids is 2. The molecular formula is C24H24N2O2. The van der Waals surface area contributed by atoms with Gasteiger partial charge in [0.25, 0.3) is 0 Å². The first kappa shape index (κ1) is 19.4. The predicted octanol–water partition coefficient (Wildman–Crippen LogP) is 4.75. The summed E-state index contributed by atoms with van der Waals surface area (Å²) in [6, 6.07) is 25.0. The van der Waals surface area contributed by atoms with Crippen molar-refractivity contribution in [1.82, 2.24) is 0 Å². The van der Waals surface area contributed by atoms with E-state index in [0.717, 1.165) is 16.7 Å². The van der Waals surface area contributed by atoms with Crippen LogP contribution in [0, 0.1) is 6.92 Å². The maximum absolute atomic E-state index is 12.3. The minimum atomic E-state index is -0.0816. The fraction of sp³-hybridized carbons (Fsp3) is 0.167. The van der Waals surface area contributed by atoms with Crippen LogP contribution in [0.1, 0.15) is 23.1 Å². The molecule has 142 valence electrons. The van der Waals surface area contributed by atoms with Crippen LogP contribution in [-0.2, 0) is 22.4 Å². The first-order valence-electron chi connectivity index (χ1n) is 9.38. The Balaban J connectivity index is 1.54. The molecule has 0 aliphatic heterocycles. The molecule has 0 saturated carbocycles. The Bertz CT molecular complexity index is 952. The van der Waals surface area contributed by atoms with E-state index < -0.39 is 0 Å². The average Bonchev–Trinajstić information content (AvgIpc) is 2.69. The van der Waals surface area contributed by atoms with Crippen molar-refractivity contribution in [2.24, 2.45) is 0 Å². The molecule has 4 heteroatoms. The number of anilines is 2. The van der Waals surface area contributed by atoms with E-state index in [4.69, 9.17) is 0 Å². The Morgan fingerprint density at radius 2 is 1.39 bits per heavy atom. The Kier molecular flexibility index (Phi) is 6.58. The second-order valence-corrected chi connectivity index (χ2v) is 6.77. The first-order valence-corrected chi connectivity index (χ1v) is 9.38. The van der Waals surface area contributed by atoms with E-state index in [1.807, 2.05) is 79.7 Å². The molecule has 0 aromatic heterocycles. The van der Waals surface area contributed by atoms with Crippen LogP contribution in [0.2, 0.25) is 0 Å². The smallest absolute Gasteiger partial charge is 0.228 e. The van der Waals surface area contributed by atoms with Crippen molar-refractivity contribution >= 4 is 23.2 Å². The number of hydrogen-bond donors (Lipinski definition) is 2. The Morgan fingerprint density at radius 3 is 2.11 bits per heavy atom. The summed E-state index contributed by atoms with van der Waals surface area (Å²) in [5, 5.41) is 5.79. The fourth-order valence-corrected chi connectivity index (χ4v) is 2.99. The van der Waals surface area contributed by atoms with Crippen LogP contribution in [0.15, 0.2) is 78.9 Å². The average molecular weight is 372 g/mol. The number of benzene rings is 3. The van der Waals surface area contributed by atoms with E-state index in [1.165, 1.54) is 0 Å². The second-order valence-electron chi connectivity index (χ2n) is 6.77. The minimum Gasteiger partial charge on any atom is -0.326 e. The van der Waals surface area contributed by atoms with Crippen molar-refractivity contribution in [1.29, 1.82) is 0 Å². The Morgan fingerprint density at radius 1 is 0.750 bits per heavy atom. The highest BCUT2D eigenvalue weighted by molar-refractivity contribution is 5.95. The maximum Gasteiger partial charge on any atom is 0.228 e. The molecule has 3 aromatic carbocycles. The van der Waals surface area contributed by atoms with E-state index in [0.29, 0.717) is 30.6 Å². The minimum absolute atomic E-state index is 0.0489. The van der Waals surface area contributed by atoms with Crippen LogP contribution in [0.25, 0.3) is 0 Å². The molecule has 2 amide bonds. The normalized spacial score (nSPS) is 10.3. The molecule has 0 spiro atoms. The van der Waals surface area contributed by atoms with E-state index in [-0.39, 0.29) is 11.8 Å². The van der Waals surface area contributed by atoms with Gasteiger partial charge in [0.15, 0.2) is 0 Å². The van der Waals surface area contributed by atoms with E-state index >= 15 is 0 Å². The number of carbonyl (C=O) groups is 2. The molecule has 0 fully saturated rings. The molecule has 2 N–H and O–H groups in total. The third-order valence-corrected chi connectivity index (χ3v) is 4.53. The molecule has 0 heterocycles. The SMILES string of the molecule is Cc1ccccc1CC(=O)Nc1cccc(NC(=O)CCc2ccccc2)c1. The van der Waals surface area contributed by atoms with Gasteiger partial charge in [-0.2, -0.15) is 0 Å². The van der Waals surface area contributed by atoms with Crippen molar-refractivity contribution in [3.8, 4) is 0 Å². The fourth-order valence-electron chi connectivity index (χ4n) is 2.99. The molecule has 0 radical (unpaired) electrons. The highest BCUT2D eigenvalue weighted by atomic mass is 16.2. The molecule has 0 aliphatic carbocycles. The quantitative estimate of drug-likeness (QED) is 0.629. The highest BCUT2D eigenvalue weighted by Gasteiger charge is 2.08. The van der Waals surface area contributed by atoms with Gasteiger partial charge in [0.05, 0.1) is 6.42 Å². The second kappa shape index (κ2) is 9.51. The van der Waals surface area contributed by atoms with Crippen molar-refractivity contribution < 1.29 is 9.59 Å². The van der Waals surface area contributed by atoms with Gasteiger partial charge in [0.2, 0.25) is 11.8 Å². The van der Waals surface area contributed by atoms with Gasteiger partial charge in [-0.05, 0) is 48.2 Å². The summed E-state index contributed by atoms with van der Waals surface area (Å²) in [5.74, 6) is -0.130. The van der Waals surface area contributed by atoms with Crippen molar-refractivity contribution in [3.05, 3.63) is 95.6 Å². The van der Waals surface area contributed by atoms with Gasteiger partial charge in [0.1, 0.15) is 0 Å². The lowest BCUT2D eigenvalue weighted by Gasteiger charge is -2.10.